The number of carbonyl (C=O) groups is 4. The van der Waals surface area contributed by atoms with E-state index in [0.29, 0.717) is 12.8 Å². The molecule has 8 heteroatoms. The van der Waals surface area contributed by atoms with Gasteiger partial charge in [-0.2, -0.15) is 0 Å². The van der Waals surface area contributed by atoms with Crippen molar-refractivity contribution in [2.24, 2.45) is 5.73 Å². The lowest BCUT2D eigenvalue weighted by Gasteiger charge is -2.25. The molecule has 1 heterocycles. The average Bonchev–Trinajstić information content (AvgIpc) is 2.62. The van der Waals surface area contributed by atoms with Crippen LogP contribution in [0.3, 0.4) is 0 Å². The third-order valence-electron chi connectivity index (χ3n) is 3.36. The molecule has 0 saturated carbocycles. The number of nitrogens with zero attached hydrogens (tertiary/aromatic N) is 1. The van der Waals surface area contributed by atoms with E-state index in [9.17, 15) is 19.2 Å². The standard InChI is InChI=1S/C13H22N4O4/c1-3-5-13(6-4-2)11(20)17(12(21)16-13)8-10(19)15-7-9(14)18/h3-8H2,1-2H3,(H2,14,18)(H,15,19)(H,16,21). The Labute approximate surface area is 123 Å². The smallest absolute Gasteiger partial charge is 0.325 e. The molecule has 1 saturated heterocycles. The number of nitrogens with one attached hydrogen (secondary N) is 2. The molecule has 0 spiro atoms. The number of amides is 5. The summed E-state index contributed by atoms with van der Waals surface area (Å²) < 4.78 is 0. The summed E-state index contributed by atoms with van der Waals surface area (Å²) in [6.45, 7) is 3.13. The molecule has 5 amide bonds. The van der Waals surface area contributed by atoms with E-state index in [-0.39, 0.29) is 12.5 Å². The van der Waals surface area contributed by atoms with Crippen LogP contribution in [-0.2, 0) is 14.4 Å². The molecule has 0 aromatic heterocycles. The zero-order valence-electron chi connectivity index (χ0n) is 12.4. The fourth-order valence-corrected chi connectivity index (χ4v) is 2.52. The summed E-state index contributed by atoms with van der Waals surface area (Å²) >= 11 is 0. The van der Waals surface area contributed by atoms with Crippen LogP contribution in [0, 0.1) is 0 Å². The van der Waals surface area contributed by atoms with E-state index in [1.54, 1.807) is 0 Å². The first kappa shape index (κ1) is 16.9. The molecule has 1 aliphatic heterocycles. The van der Waals surface area contributed by atoms with Crippen LogP contribution in [0.5, 0.6) is 0 Å². The monoisotopic (exact) mass is 298 g/mol. The zero-order chi connectivity index (χ0) is 16.0. The van der Waals surface area contributed by atoms with E-state index in [1.807, 2.05) is 13.8 Å². The maximum absolute atomic E-state index is 12.5. The third kappa shape index (κ3) is 3.93. The minimum Gasteiger partial charge on any atom is -0.368 e. The van der Waals surface area contributed by atoms with Crippen LogP contribution in [0.15, 0.2) is 0 Å². The highest BCUT2D eigenvalue weighted by atomic mass is 16.2. The van der Waals surface area contributed by atoms with Gasteiger partial charge in [-0.05, 0) is 12.8 Å². The lowest BCUT2D eigenvalue weighted by Crippen LogP contribution is -2.47. The quantitative estimate of drug-likeness (QED) is 0.522. The fraction of sp³-hybridized carbons (Fsp3) is 0.692. The topological polar surface area (TPSA) is 122 Å². The maximum atomic E-state index is 12.5. The summed E-state index contributed by atoms with van der Waals surface area (Å²) in [5.41, 5.74) is 4.00. The Balaban J connectivity index is 2.76. The molecule has 4 N–H and O–H groups in total. The lowest BCUT2D eigenvalue weighted by molar-refractivity contribution is -0.135. The van der Waals surface area contributed by atoms with Crippen LogP contribution >= 0.6 is 0 Å². The number of carbonyl (C=O) groups excluding carboxylic acids is 4. The largest absolute Gasteiger partial charge is 0.368 e. The molecule has 0 bridgehead atoms. The zero-order valence-corrected chi connectivity index (χ0v) is 12.4. The fourth-order valence-electron chi connectivity index (χ4n) is 2.52. The Morgan fingerprint density at radius 3 is 2.29 bits per heavy atom. The van der Waals surface area contributed by atoms with Crippen molar-refractivity contribution in [2.45, 2.75) is 45.1 Å². The summed E-state index contributed by atoms with van der Waals surface area (Å²) in [6, 6.07) is -0.573. The van der Waals surface area contributed by atoms with Crippen molar-refractivity contribution < 1.29 is 19.2 Å². The SMILES string of the molecule is CCCC1(CCC)NC(=O)N(CC(=O)NCC(N)=O)C1=O. The summed E-state index contributed by atoms with van der Waals surface area (Å²) in [4.78, 5) is 47.5. The van der Waals surface area contributed by atoms with Crippen molar-refractivity contribution in [3.8, 4) is 0 Å². The highest BCUT2D eigenvalue weighted by Gasteiger charge is 2.50. The molecule has 0 atom stereocenters. The second kappa shape index (κ2) is 7.05. The molecular weight excluding hydrogens is 276 g/mol. The van der Waals surface area contributed by atoms with Crippen LogP contribution in [0.1, 0.15) is 39.5 Å². The highest BCUT2D eigenvalue weighted by molar-refractivity contribution is 6.09. The van der Waals surface area contributed by atoms with E-state index in [4.69, 9.17) is 5.73 Å². The van der Waals surface area contributed by atoms with Gasteiger partial charge in [0.15, 0.2) is 0 Å². The first-order chi connectivity index (χ1) is 9.86. The van der Waals surface area contributed by atoms with Gasteiger partial charge >= 0.3 is 6.03 Å². The second-order valence-corrected chi connectivity index (χ2v) is 5.15. The van der Waals surface area contributed by atoms with E-state index < -0.39 is 29.9 Å². The number of hydrogen-bond donors (Lipinski definition) is 3. The molecule has 118 valence electrons. The molecule has 0 aromatic carbocycles. The van der Waals surface area contributed by atoms with Gasteiger partial charge < -0.3 is 16.4 Å². The number of hydrogen-bond acceptors (Lipinski definition) is 4. The van der Waals surface area contributed by atoms with Gasteiger partial charge in [-0.25, -0.2) is 4.79 Å². The van der Waals surface area contributed by atoms with E-state index in [1.165, 1.54) is 0 Å². The van der Waals surface area contributed by atoms with Gasteiger partial charge in [0.1, 0.15) is 12.1 Å². The first-order valence-electron chi connectivity index (χ1n) is 7.05. The van der Waals surface area contributed by atoms with Gasteiger partial charge in [0.2, 0.25) is 11.8 Å². The molecule has 0 radical (unpaired) electrons. The van der Waals surface area contributed by atoms with Gasteiger partial charge in [-0.15, -0.1) is 0 Å². The first-order valence-corrected chi connectivity index (χ1v) is 7.05. The van der Waals surface area contributed by atoms with Gasteiger partial charge in [0.05, 0.1) is 6.54 Å². The summed E-state index contributed by atoms with van der Waals surface area (Å²) in [7, 11) is 0. The lowest BCUT2D eigenvalue weighted by atomic mass is 9.88. The van der Waals surface area contributed by atoms with E-state index in [2.05, 4.69) is 10.6 Å². The third-order valence-corrected chi connectivity index (χ3v) is 3.36. The van der Waals surface area contributed by atoms with Gasteiger partial charge in [0.25, 0.3) is 5.91 Å². The Hall–Kier alpha value is -2.12. The normalized spacial score (nSPS) is 16.8. The van der Waals surface area contributed by atoms with Gasteiger partial charge in [-0.3, -0.25) is 19.3 Å². The van der Waals surface area contributed by atoms with Crippen molar-refractivity contribution in [3.63, 3.8) is 0 Å². The Morgan fingerprint density at radius 2 is 1.81 bits per heavy atom. The second-order valence-electron chi connectivity index (χ2n) is 5.15. The molecule has 21 heavy (non-hydrogen) atoms. The van der Waals surface area contributed by atoms with Crippen molar-refractivity contribution in [1.29, 1.82) is 0 Å². The maximum Gasteiger partial charge on any atom is 0.325 e. The van der Waals surface area contributed by atoms with Crippen molar-refractivity contribution in [1.82, 2.24) is 15.5 Å². The minimum atomic E-state index is -0.912. The molecule has 1 rings (SSSR count). The molecule has 1 aliphatic rings. The molecule has 8 nitrogen and oxygen atoms in total. The summed E-state index contributed by atoms with van der Waals surface area (Å²) in [5, 5.41) is 4.96. The predicted molar refractivity (Wildman–Crippen MR) is 75.0 cm³/mol. The molecule has 0 aliphatic carbocycles. The molecular formula is C13H22N4O4. The van der Waals surface area contributed by atoms with Crippen LogP contribution in [0.4, 0.5) is 4.79 Å². The average molecular weight is 298 g/mol. The van der Waals surface area contributed by atoms with Crippen LogP contribution in [-0.4, -0.2) is 47.3 Å². The number of rotatable bonds is 8. The van der Waals surface area contributed by atoms with E-state index >= 15 is 0 Å². The highest BCUT2D eigenvalue weighted by Crippen LogP contribution is 2.27. The van der Waals surface area contributed by atoms with E-state index in [0.717, 1.165) is 17.7 Å². The minimum absolute atomic E-state index is 0.322. The van der Waals surface area contributed by atoms with Gasteiger partial charge in [0, 0.05) is 0 Å². The molecule has 1 fully saturated rings. The summed E-state index contributed by atoms with van der Waals surface area (Å²) in [6.07, 6.45) is 2.55. The van der Waals surface area contributed by atoms with Crippen LogP contribution in [0.2, 0.25) is 0 Å². The number of imide groups is 1. The van der Waals surface area contributed by atoms with Crippen molar-refractivity contribution in [2.75, 3.05) is 13.1 Å². The Morgan fingerprint density at radius 1 is 1.24 bits per heavy atom. The van der Waals surface area contributed by atoms with Crippen LogP contribution < -0.4 is 16.4 Å². The molecule has 0 unspecified atom stereocenters. The van der Waals surface area contributed by atoms with Crippen molar-refractivity contribution in [3.05, 3.63) is 0 Å². The predicted octanol–water partition coefficient (Wildman–Crippen LogP) is -0.521. The molecule has 0 aromatic rings. The van der Waals surface area contributed by atoms with Crippen LogP contribution in [0.25, 0.3) is 0 Å². The van der Waals surface area contributed by atoms with Gasteiger partial charge in [-0.1, -0.05) is 26.7 Å². The number of primary amides is 1. The Bertz CT molecular complexity index is 443. The number of nitrogens with two attached hydrogens (primary N) is 1. The summed E-state index contributed by atoms with van der Waals surface area (Å²) in [5.74, 6) is -1.67. The van der Waals surface area contributed by atoms with Crippen molar-refractivity contribution >= 4 is 23.8 Å². The number of urea groups is 1. The Kier molecular flexibility index (Phi) is 5.69.